The maximum absolute atomic E-state index is 10.0. The molecule has 0 aliphatic carbocycles. The van der Waals surface area contributed by atoms with Crippen molar-refractivity contribution < 1.29 is 46.7 Å². The van der Waals surface area contributed by atoms with Crippen LogP contribution in [0.4, 0.5) is 0 Å². The zero-order valence-electron chi connectivity index (χ0n) is 8.16. The molecule has 0 atom stereocenters. The summed E-state index contributed by atoms with van der Waals surface area (Å²) in [6.45, 7) is -2.03. The van der Waals surface area contributed by atoms with E-state index in [9.17, 15) is 8.42 Å². The first-order chi connectivity index (χ1) is 4.21. The van der Waals surface area contributed by atoms with Crippen LogP contribution >= 0.6 is 0 Å². The molecule has 4 nitrogen and oxygen atoms in total. The number of nitrogens with two attached hydrogens (primary N) is 1. The molecule has 0 aliphatic rings. The Morgan fingerprint density at radius 1 is 1.78 bits per heavy atom. The van der Waals surface area contributed by atoms with Crippen molar-refractivity contribution in [3.8, 4) is 0 Å². The molecule has 0 aromatic rings. The smallest absolute Gasteiger partial charge is 1.00 e. The molecule has 0 fully saturated rings. The second-order valence-electron chi connectivity index (χ2n) is 1.24. The van der Waals surface area contributed by atoms with Gasteiger partial charge in [-0.2, -0.15) is 8.42 Å². The van der Waals surface area contributed by atoms with Crippen molar-refractivity contribution in [1.82, 2.24) is 0 Å². The van der Waals surface area contributed by atoms with Gasteiger partial charge in [-0.15, -0.1) is 0 Å². The summed E-state index contributed by atoms with van der Waals surface area (Å²) in [7, 11) is -4.08. The molecule has 6 heteroatoms. The second kappa shape index (κ2) is 5.64. The minimum absolute atomic E-state index is 0. The molecule has 0 heterocycles. The van der Waals surface area contributed by atoms with E-state index in [1.807, 2.05) is 0 Å². The van der Waals surface area contributed by atoms with Crippen LogP contribution in [0.1, 0.15) is 10.6 Å². The summed E-state index contributed by atoms with van der Waals surface area (Å²) >= 11 is 0. The van der Waals surface area contributed by atoms with Crippen LogP contribution in [-0.2, 0) is 10.1 Å². The SMILES string of the molecule is [2H]C([2H])(N)CCS(=O)(=O)O.[H-].[Na+]. The minimum atomic E-state index is -4.08. The summed E-state index contributed by atoms with van der Waals surface area (Å²) in [5, 5.41) is 0. The van der Waals surface area contributed by atoms with Gasteiger partial charge in [-0.1, -0.05) is 0 Å². The summed E-state index contributed by atoms with van der Waals surface area (Å²) in [4.78, 5) is 0. The van der Waals surface area contributed by atoms with Crippen molar-refractivity contribution in [2.45, 2.75) is 6.42 Å². The van der Waals surface area contributed by atoms with Crippen molar-refractivity contribution in [2.75, 3.05) is 12.2 Å². The van der Waals surface area contributed by atoms with Crippen molar-refractivity contribution in [2.24, 2.45) is 5.73 Å². The molecule has 0 aromatic heterocycles. The summed E-state index contributed by atoms with van der Waals surface area (Å²) in [5.41, 5.74) is 4.80. The zero-order chi connectivity index (χ0) is 8.41. The van der Waals surface area contributed by atoms with Crippen LogP contribution in [0.3, 0.4) is 0 Å². The Labute approximate surface area is 81.1 Å². The minimum Gasteiger partial charge on any atom is -1.00 e. The zero-order valence-corrected chi connectivity index (χ0v) is 7.98. The van der Waals surface area contributed by atoms with E-state index in [1.165, 1.54) is 0 Å². The molecule has 0 aromatic carbocycles. The quantitative estimate of drug-likeness (QED) is 0.333. The molecule has 0 bridgehead atoms. The van der Waals surface area contributed by atoms with Crippen LogP contribution in [0.15, 0.2) is 0 Å². The Morgan fingerprint density at radius 3 is 2.33 bits per heavy atom. The van der Waals surface area contributed by atoms with E-state index >= 15 is 0 Å². The van der Waals surface area contributed by atoms with Gasteiger partial charge in [0.05, 0.1) is 5.75 Å². The summed E-state index contributed by atoms with van der Waals surface area (Å²) in [6.07, 6.45) is -0.397. The van der Waals surface area contributed by atoms with Gasteiger partial charge in [0, 0.05) is 2.74 Å². The van der Waals surface area contributed by atoms with Crippen LogP contribution in [0, 0.1) is 0 Å². The summed E-state index contributed by atoms with van der Waals surface area (Å²) < 4.78 is 41.5. The molecule has 52 valence electrons. The fraction of sp³-hybridized carbons (Fsp3) is 1.00. The van der Waals surface area contributed by atoms with Gasteiger partial charge in [-0.05, 0) is 12.9 Å². The molecule has 9 heavy (non-hydrogen) atoms. The van der Waals surface area contributed by atoms with Gasteiger partial charge in [0.15, 0.2) is 0 Å². The standard InChI is InChI=1S/C3H9NO3S.Na.H/c4-2-1-3-8(5,6)7;;/h1-4H2,(H,5,6,7);;/q;+1;-1/i2D2;;. The molecule has 0 aliphatic heterocycles. The Bertz CT molecular complexity index is 201. The van der Waals surface area contributed by atoms with Gasteiger partial charge in [0.25, 0.3) is 10.1 Å². The maximum atomic E-state index is 10.0. The van der Waals surface area contributed by atoms with Gasteiger partial charge in [-0.25, -0.2) is 0 Å². The van der Waals surface area contributed by atoms with Gasteiger partial charge in [0.1, 0.15) is 0 Å². The molecule has 0 saturated carbocycles. The fourth-order valence-electron chi connectivity index (χ4n) is 0.188. The molecular formula is C3H10NNaO3S. The van der Waals surface area contributed by atoms with Gasteiger partial charge >= 0.3 is 29.6 Å². The average Bonchev–Trinajstić information content (AvgIpc) is 1.57. The Balaban J connectivity index is -0.000000405. The number of rotatable bonds is 3. The second-order valence-corrected chi connectivity index (χ2v) is 2.81. The third-order valence-electron chi connectivity index (χ3n) is 0.504. The van der Waals surface area contributed by atoms with Crippen LogP contribution < -0.4 is 35.3 Å². The first kappa shape index (κ1) is 7.97. The normalized spacial score (nSPS) is 15.3. The third-order valence-corrected chi connectivity index (χ3v) is 1.22. The maximum Gasteiger partial charge on any atom is 1.00 e. The first-order valence-corrected chi connectivity index (χ1v) is 3.56. The van der Waals surface area contributed by atoms with Crippen LogP contribution in [0.25, 0.3) is 0 Å². The van der Waals surface area contributed by atoms with Gasteiger partial charge in [0.2, 0.25) is 0 Å². The molecule has 0 saturated heterocycles. The largest absolute Gasteiger partial charge is 1.00 e. The molecule has 0 unspecified atom stereocenters. The van der Waals surface area contributed by atoms with E-state index in [0.717, 1.165) is 0 Å². The number of hydrogen-bond donors (Lipinski definition) is 2. The first-order valence-electron chi connectivity index (χ1n) is 2.95. The predicted molar refractivity (Wildman–Crippen MR) is 31.2 cm³/mol. The summed E-state index contributed by atoms with van der Waals surface area (Å²) in [5.74, 6) is -0.642. The third kappa shape index (κ3) is 12.1. The van der Waals surface area contributed by atoms with Gasteiger partial charge < -0.3 is 7.16 Å². The Kier molecular flexibility index (Phi) is 4.99. The van der Waals surface area contributed by atoms with Crippen molar-refractivity contribution in [1.29, 1.82) is 0 Å². The average molecular weight is 165 g/mol. The topological polar surface area (TPSA) is 80.4 Å². The van der Waals surface area contributed by atoms with E-state index in [0.29, 0.717) is 0 Å². The molecule has 0 spiro atoms. The Morgan fingerprint density at radius 2 is 2.22 bits per heavy atom. The molecule has 3 N–H and O–H groups in total. The number of hydrogen-bond acceptors (Lipinski definition) is 3. The molecule has 0 amide bonds. The monoisotopic (exact) mass is 165 g/mol. The van der Waals surface area contributed by atoms with Crippen molar-refractivity contribution >= 4 is 10.1 Å². The van der Waals surface area contributed by atoms with Crippen LogP contribution in [0.5, 0.6) is 0 Å². The van der Waals surface area contributed by atoms with Crippen LogP contribution in [0.2, 0.25) is 0 Å². The van der Waals surface area contributed by atoms with Crippen molar-refractivity contribution in [3.05, 3.63) is 0 Å². The van der Waals surface area contributed by atoms with E-state index < -0.39 is 28.8 Å². The molecule has 0 rings (SSSR count). The fourth-order valence-corrected chi connectivity index (χ4v) is 0.564. The summed E-state index contributed by atoms with van der Waals surface area (Å²) in [6, 6.07) is 0. The molecule has 0 radical (unpaired) electrons. The predicted octanol–water partition coefficient (Wildman–Crippen LogP) is -3.66. The van der Waals surface area contributed by atoms with E-state index in [4.69, 9.17) is 13.0 Å². The molecular weight excluding hydrogens is 153 g/mol. The van der Waals surface area contributed by atoms with E-state index in [-0.39, 0.29) is 31.0 Å². The van der Waals surface area contributed by atoms with E-state index in [2.05, 4.69) is 0 Å². The Hall–Kier alpha value is 0.870. The van der Waals surface area contributed by atoms with E-state index in [1.54, 1.807) is 0 Å². The van der Waals surface area contributed by atoms with Gasteiger partial charge in [-0.3, -0.25) is 4.55 Å². The van der Waals surface area contributed by atoms with Crippen LogP contribution in [-0.4, -0.2) is 25.2 Å². The van der Waals surface area contributed by atoms with Crippen molar-refractivity contribution in [3.63, 3.8) is 0 Å².